The molecule has 0 aromatic rings. The quantitative estimate of drug-likeness (QED) is 0.0656. The minimum Gasteiger partial charge on any atom is -0.480 e. The lowest BCUT2D eigenvalue weighted by Gasteiger charge is -2.27. The summed E-state index contributed by atoms with van der Waals surface area (Å²) in [6.45, 7) is 3.93. The second-order valence-electron chi connectivity index (χ2n) is 9.28. The van der Waals surface area contributed by atoms with Gasteiger partial charge in [-0.05, 0) is 19.3 Å². The number of nitrogens with two attached hydrogens (primary N) is 1. The minimum atomic E-state index is -1.54. The van der Waals surface area contributed by atoms with Crippen LogP contribution in [0.3, 0.4) is 0 Å². The van der Waals surface area contributed by atoms with Crippen LogP contribution in [0.15, 0.2) is 0 Å². The predicted molar refractivity (Wildman–Crippen MR) is 155 cm³/mol. The highest BCUT2D eigenvalue weighted by molar-refractivity contribution is 7.80. The van der Waals surface area contributed by atoms with Gasteiger partial charge in [0, 0.05) is 17.3 Å². The molecule has 0 aromatic carbocycles. The fourth-order valence-corrected chi connectivity index (χ4v) is 3.77. The van der Waals surface area contributed by atoms with Gasteiger partial charge in [-0.25, -0.2) is 4.79 Å². The van der Waals surface area contributed by atoms with E-state index in [1.165, 1.54) is 6.92 Å². The van der Waals surface area contributed by atoms with Crippen LogP contribution in [-0.4, -0.2) is 117 Å². The number of carboxylic acid groups (broad SMARTS) is 1. The topological polar surface area (TPSA) is 249 Å². The van der Waals surface area contributed by atoms with E-state index in [4.69, 9.17) is 10.8 Å². The number of aliphatic hydroxyl groups excluding tert-OH is 2. The zero-order valence-electron chi connectivity index (χ0n) is 22.4. The molecule has 40 heavy (non-hydrogen) atoms. The first-order valence-corrected chi connectivity index (χ1v) is 14.1. The van der Waals surface area contributed by atoms with Gasteiger partial charge in [0.05, 0.1) is 18.8 Å². The summed E-state index contributed by atoms with van der Waals surface area (Å²) in [4.78, 5) is 74.3. The molecule has 0 aliphatic heterocycles. The van der Waals surface area contributed by atoms with E-state index in [0.29, 0.717) is 0 Å². The molecule has 10 N–H and O–H groups in total. The van der Waals surface area contributed by atoms with E-state index in [0.717, 1.165) is 0 Å². The molecule has 18 heteroatoms. The maximum Gasteiger partial charge on any atom is 0.327 e. The number of nitrogens with one attached hydrogen (secondary N) is 5. The van der Waals surface area contributed by atoms with Crippen molar-refractivity contribution in [1.29, 1.82) is 0 Å². The van der Waals surface area contributed by atoms with Gasteiger partial charge in [-0.1, -0.05) is 13.8 Å². The number of amides is 5. The number of carbonyl (C=O) groups is 6. The van der Waals surface area contributed by atoms with Crippen molar-refractivity contribution in [3.8, 4) is 0 Å². The van der Waals surface area contributed by atoms with Crippen molar-refractivity contribution in [3.05, 3.63) is 0 Å². The van der Waals surface area contributed by atoms with Gasteiger partial charge in [0.1, 0.15) is 30.2 Å². The van der Waals surface area contributed by atoms with E-state index in [9.17, 15) is 39.0 Å². The van der Waals surface area contributed by atoms with Crippen molar-refractivity contribution in [1.82, 2.24) is 26.6 Å². The van der Waals surface area contributed by atoms with Gasteiger partial charge in [-0.15, -0.1) is 0 Å². The third-order valence-electron chi connectivity index (χ3n) is 5.36. The zero-order chi connectivity index (χ0) is 31.2. The fourth-order valence-electron chi connectivity index (χ4n) is 3.10. The molecule has 0 spiro atoms. The molecule has 0 saturated carbocycles. The summed E-state index contributed by atoms with van der Waals surface area (Å²) in [7, 11) is 0. The number of aliphatic hydroxyl groups is 2. The van der Waals surface area contributed by atoms with Crippen molar-refractivity contribution in [2.24, 2.45) is 11.7 Å². The number of aliphatic carboxylic acids is 1. The molecule has 0 saturated heterocycles. The van der Waals surface area contributed by atoms with Crippen LogP contribution in [0, 0.1) is 5.92 Å². The highest BCUT2D eigenvalue weighted by Crippen LogP contribution is 2.07. The highest BCUT2D eigenvalue weighted by Gasteiger charge is 2.33. The molecule has 0 fully saturated rings. The second-order valence-corrected chi connectivity index (χ2v) is 10.4. The first-order valence-electron chi connectivity index (χ1n) is 12.2. The minimum absolute atomic E-state index is 0.0142. The standard InChI is InChI=1S/C22H40N6O9S3/c1-9(2)4-12(24-21(35)16(10(3)30)28-17(31)11(23)6-38)18(32)26-14(7-39)20(34)25-13(5-29)19(33)27-15(8-40)22(36)37/h9-16,29-30,38-40H,4-8,23H2,1-3H3,(H,24,35)(H,25,34)(H,26,32)(H,27,33)(H,28,31)(H,36,37)/t10-,11+,12+,13+,14+,15+,16+/m1/s1. The van der Waals surface area contributed by atoms with Crippen LogP contribution in [0.1, 0.15) is 27.2 Å². The number of thiol groups is 3. The van der Waals surface area contributed by atoms with E-state index in [1.54, 1.807) is 13.8 Å². The van der Waals surface area contributed by atoms with Crippen LogP contribution in [0.2, 0.25) is 0 Å². The average Bonchev–Trinajstić information content (AvgIpc) is 2.89. The lowest BCUT2D eigenvalue weighted by atomic mass is 10.0. The molecule has 0 aliphatic rings. The number of hydrogen-bond acceptors (Lipinski definition) is 12. The largest absolute Gasteiger partial charge is 0.480 e. The SMILES string of the molecule is CC(C)C[C@H](NC(=O)[C@@H](NC(=O)[C@@H](N)CS)[C@@H](C)O)C(=O)N[C@@H](CS)C(=O)N[C@@H](CO)C(=O)N[C@@H](CS)C(=O)O. The van der Waals surface area contributed by atoms with Gasteiger partial charge < -0.3 is 47.6 Å². The van der Waals surface area contributed by atoms with Crippen LogP contribution in [0.25, 0.3) is 0 Å². The van der Waals surface area contributed by atoms with Crippen molar-refractivity contribution >= 4 is 73.4 Å². The molecule has 0 heterocycles. The number of hydrogen-bond donors (Lipinski definition) is 12. The first-order chi connectivity index (χ1) is 18.6. The van der Waals surface area contributed by atoms with Crippen molar-refractivity contribution < 1.29 is 44.1 Å². The molecule has 0 unspecified atom stereocenters. The smallest absolute Gasteiger partial charge is 0.327 e. The third-order valence-corrected chi connectivity index (χ3v) is 6.49. The maximum atomic E-state index is 13.1. The van der Waals surface area contributed by atoms with Gasteiger partial charge in [0.15, 0.2) is 0 Å². The predicted octanol–water partition coefficient (Wildman–Crippen LogP) is -3.97. The average molecular weight is 629 g/mol. The molecule has 0 bridgehead atoms. The molecular formula is C22H40N6O9S3. The van der Waals surface area contributed by atoms with E-state index in [1.807, 2.05) is 0 Å². The number of rotatable bonds is 18. The van der Waals surface area contributed by atoms with Gasteiger partial charge >= 0.3 is 5.97 Å². The van der Waals surface area contributed by atoms with Crippen LogP contribution < -0.4 is 32.3 Å². The summed E-state index contributed by atoms with van der Waals surface area (Å²) >= 11 is 11.8. The van der Waals surface area contributed by atoms with Crippen molar-refractivity contribution in [2.45, 2.75) is 69.5 Å². The number of carbonyl (C=O) groups excluding carboxylic acids is 5. The first kappa shape index (κ1) is 37.8. The van der Waals surface area contributed by atoms with E-state index < -0.39 is 84.5 Å². The Morgan fingerprint density at radius 1 is 0.675 bits per heavy atom. The molecular weight excluding hydrogens is 588 g/mol. The summed E-state index contributed by atoms with van der Waals surface area (Å²) < 4.78 is 0. The lowest BCUT2D eigenvalue weighted by molar-refractivity contribution is -0.142. The molecule has 5 amide bonds. The molecule has 0 aliphatic carbocycles. The fraction of sp³-hybridized carbons (Fsp3) is 0.727. The zero-order valence-corrected chi connectivity index (χ0v) is 25.0. The Labute approximate surface area is 248 Å². The molecule has 0 radical (unpaired) electrons. The Kier molecular flexibility index (Phi) is 17.9. The van der Waals surface area contributed by atoms with Gasteiger partial charge in [-0.3, -0.25) is 24.0 Å². The lowest BCUT2D eigenvalue weighted by Crippen LogP contribution is -2.61. The van der Waals surface area contributed by atoms with Crippen LogP contribution >= 0.6 is 37.9 Å². The van der Waals surface area contributed by atoms with Crippen LogP contribution in [0.5, 0.6) is 0 Å². The normalized spacial score (nSPS) is 16.4. The van der Waals surface area contributed by atoms with Gasteiger partial charge in [-0.2, -0.15) is 37.9 Å². The van der Waals surface area contributed by atoms with Crippen molar-refractivity contribution in [2.75, 3.05) is 23.9 Å². The van der Waals surface area contributed by atoms with Gasteiger partial charge in [0.2, 0.25) is 29.5 Å². The van der Waals surface area contributed by atoms with E-state index in [-0.39, 0.29) is 29.6 Å². The monoisotopic (exact) mass is 628 g/mol. The molecule has 0 aromatic heterocycles. The molecule has 7 atom stereocenters. The Balaban J connectivity index is 5.59. The third kappa shape index (κ3) is 12.9. The Morgan fingerprint density at radius 3 is 1.55 bits per heavy atom. The van der Waals surface area contributed by atoms with Gasteiger partial charge in [0.25, 0.3) is 0 Å². The Bertz CT molecular complexity index is 896. The highest BCUT2D eigenvalue weighted by atomic mass is 32.1. The number of carboxylic acids is 1. The summed E-state index contributed by atoms with van der Waals surface area (Å²) in [5.74, 6) is -6.31. The summed E-state index contributed by atoms with van der Waals surface area (Å²) in [6.07, 6.45) is -1.24. The Morgan fingerprint density at radius 2 is 1.12 bits per heavy atom. The molecule has 230 valence electrons. The summed E-state index contributed by atoms with van der Waals surface area (Å²) in [5.41, 5.74) is 5.60. The molecule has 15 nitrogen and oxygen atoms in total. The Hall–Kier alpha value is -2.25. The van der Waals surface area contributed by atoms with Crippen molar-refractivity contribution in [3.63, 3.8) is 0 Å². The second kappa shape index (κ2) is 19.0. The molecule has 0 rings (SSSR count). The summed E-state index contributed by atoms with van der Waals surface area (Å²) in [5, 5.41) is 40.2. The van der Waals surface area contributed by atoms with E-state index >= 15 is 0 Å². The van der Waals surface area contributed by atoms with Crippen LogP contribution in [-0.2, 0) is 28.8 Å². The van der Waals surface area contributed by atoms with E-state index in [2.05, 4.69) is 64.5 Å². The van der Waals surface area contributed by atoms with Crippen LogP contribution in [0.4, 0.5) is 0 Å². The maximum absolute atomic E-state index is 13.1. The summed E-state index contributed by atoms with van der Waals surface area (Å²) in [6, 6.07) is -7.93.